The Hall–Kier alpha value is -2.60. The standard InChI is InChI=1S/C21H21FN2O2S/c1-4-27-21-19(20(25)23-12-14-7-5-8-15(22)11-14)13(2)18-16(24-21)9-6-10-17(18)26-3/h5-11H,4,12H2,1-3H3,(H,23,25). The number of ether oxygens (including phenoxy) is 1. The zero-order chi connectivity index (χ0) is 19.4. The van der Waals surface area contributed by atoms with Gasteiger partial charge in [-0.25, -0.2) is 9.37 Å². The van der Waals surface area contributed by atoms with Crippen LogP contribution in [0.3, 0.4) is 0 Å². The van der Waals surface area contributed by atoms with Crippen LogP contribution < -0.4 is 10.1 Å². The van der Waals surface area contributed by atoms with E-state index in [0.717, 1.165) is 22.2 Å². The Morgan fingerprint density at radius 1 is 1.26 bits per heavy atom. The number of aromatic nitrogens is 1. The van der Waals surface area contributed by atoms with Crippen LogP contribution >= 0.6 is 11.8 Å². The number of methoxy groups -OCH3 is 1. The van der Waals surface area contributed by atoms with E-state index < -0.39 is 0 Å². The number of hydrogen-bond donors (Lipinski definition) is 1. The minimum absolute atomic E-state index is 0.229. The van der Waals surface area contributed by atoms with Gasteiger partial charge in [-0.1, -0.05) is 25.1 Å². The molecule has 1 aromatic heterocycles. The molecule has 0 unspecified atom stereocenters. The van der Waals surface area contributed by atoms with Gasteiger partial charge < -0.3 is 10.1 Å². The van der Waals surface area contributed by atoms with Gasteiger partial charge in [-0.15, -0.1) is 11.8 Å². The van der Waals surface area contributed by atoms with E-state index in [1.165, 1.54) is 23.9 Å². The summed E-state index contributed by atoms with van der Waals surface area (Å²) < 4.78 is 18.8. The highest BCUT2D eigenvalue weighted by atomic mass is 32.2. The Labute approximate surface area is 162 Å². The lowest BCUT2D eigenvalue weighted by atomic mass is 10.0. The van der Waals surface area contributed by atoms with Crippen LogP contribution in [0.15, 0.2) is 47.5 Å². The molecule has 0 fully saturated rings. The fourth-order valence-corrected chi connectivity index (χ4v) is 3.86. The molecule has 1 N–H and O–H groups in total. The number of fused-ring (bicyclic) bond motifs is 1. The van der Waals surface area contributed by atoms with Crippen LogP contribution in [0.1, 0.15) is 28.4 Å². The fraction of sp³-hybridized carbons (Fsp3) is 0.238. The van der Waals surface area contributed by atoms with Crippen molar-refractivity contribution in [1.82, 2.24) is 10.3 Å². The minimum Gasteiger partial charge on any atom is -0.496 e. The molecule has 0 saturated carbocycles. The molecule has 3 aromatic rings. The number of carbonyl (C=O) groups is 1. The molecule has 1 heterocycles. The van der Waals surface area contributed by atoms with Crippen molar-refractivity contribution in [2.75, 3.05) is 12.9 Å². The van der Waals surface area contributed by atoms with Crippen LogP contribution in [0.25, 0.3) is 10.9 Å². The summed E-state index contributed by atoms with van der Waals surface area (Å²) in [5.41, 5.74) is 2.86. The summed E-state index contributed by atoms with van der Waals surface area (Å²) in [5, 5.41) is 4.40. The van der Waals surface area contributed by atoms with Gasteiger partial charge in [0, 0.05) is 11.9 Å². The molecule has 0 saturated heterocycles. The molecule has 1 amide bonds. The van der Waals surface area contributed by atoms with E-state index in [9.17, 15) is 9.18 Å². The van der Waals surface area contributed by atoms with Gasteiger partial charge in [-0.2, -0.15) is 0 Å². The second kappa shape index (κ2) is 8.39. The van der Waals surface area contributed by atoms with Gasteiger partial charge in [0.25, 0.3) is 5.91 Å². The number of aryl methyl sites for hydroxylation is 1. The van der Waals surface area contributed by atoms with E-state index >= 15 is 0 Å². The zero-order valence-corrected chi connectivity index (χ0v) is 16.3. The highest BCUT2D eigenvalue weighted by Crippen LogP contribution is 2.34. The Bertz CT molecular complexity index is 991. The molecule has 6 heteroatoms. The van der Waals surface area contributed by atoms with Gasteiger partial charge in [0.05, 0.1) is 18.2 Å². The summed E-state index contributed by atoms with van der Waals surface area (Å²) in [6, 6.07) is 11.9. The van der Waals surface area contributed by atoms with Gasteiger partial charge in [-0.3, -0.25) is 4.79 Å². The summed E-state index contributed by atoms with van der Waals surface area (Å²) in [6.45, 7) is 4.17. The Balaban J connectivity index is 2.01. The molecule has 0 aliphatic heterocycles. The maximum atomic E-state index is 13.4. The average Bonchev–Trinajstić information content (AvgIpc) is 2.66. The third-order valence-electron chi connectivity index (χ3n) is 4.26. The molecule has 0 radical (unpaired) electrons. The summed E-state index contributed by atoms with van der Waals surface area (Å²) >= 11 is 1.52. The van der Waals surface area contributed by atoms with Crippen molar-refractivity contribution in [3.05, 3.63) is 65.0 Å². The Morgan fingerprint density at radius 2 is 2.04 bits per heavy atom. The van der Waals surface area contributed by atoms with Crippen molar-refractivity contribution in [2.24, 2.45) is 0 Å². The number of nitrogens with one attached hydrogen (secondary N) is 1. The van der Waals surface area contributed by atoms with Gasteiger partial charge in [0.2, 0.25) is 0 Å². The first kappa shape index (κ1) is 19.2. The number of rotatable bonds is 6. The van der Waals surface area contributed by atoms with E-state index in [0.29, 0.717) is 21.9 Å². The first-order valence-corrected chi connectivity index (χ1v) is 9.66. The lowest BCUT2D eigenvalue weighted by Gasteiger charge is -2.16. The predicted molar refractivity (Wildman–Crippen MR) is 107 cm³/mol. The van der Waals surface area contributed by atoms with E-state index in [-0.39, 0.29) is 18.3 Å². The van der Waals surface area contributed by atoms with E-state index in [4.69, 9.17) is 4.74 Å². The number of halogens is 1. The lowest BCUT2D eigenvalue weighted by Crippen LogP contribution is -2.25. The predicted octanol–water partition coefficient (Wildman–Crippen LogP) is 4.73. The van der Waals surface area contributed by atoms with Crippen molar-refractivity contribution >= 4 is 28.6 Å². The van der Waals surface area contributed by atoms with Crippen molar-refractivity contribution in [1.29, 1.82) is 0 Å². The highest BCUT2D eigenvalue weighted by molar-refractivity contribution is 7.99. The molecule has 4 nitrogen and oxygen atoms in total. The Kier molecular flexibility index (Phi) is 5.96. The van der Waals surface area contributed by atoms with Gasteiger partial charge >= 0.3 is 0 Å². The first-order valence-electron chi connectivity index (χ1n) is 8.68. The number of amides is 1. The third-order valence-corrected chi connectivity index (χ3v) is 5.12. The smallest absolute Gasteiger partial charge is 0.254 e. The number of benzene rings is 2. The second-order valence-electron chi connectivity index (χ2n) is 6.02. The van der Waals surface area contributed by atoms with Crippen LogP contribution in [0.4, 0.5) is 4.39 Å². The summed E-state index contributed by atoms with van der Waals surface area (Å²) in [4.78, 5) is 17.7. The van der Waals surface area contributed by atoms with Crippen LogP contribution in [0.2, 0.25) is 0 Å². The summed E-state index contributed by atoms with van der Waals surface area (Å²) in [7, 11) is 1.60. The first-order chi connectivity index (χ1) is 13.0. The molecule has 0 aliphatic rings. The lowest BCUT2D eigenvalue weighted by molar-refractivity contribution is 0.0947. The fourth-order valence-electron chi connectivity index (χ4n) is 3.04. The largest absolute Gasteiger partial charge is 0.496 e. The summed E-state index contributed by atoms with van der Waals surface area (Å²) in [5.74, 6) is 0.932. The molecule has 2 aromatic carbocycles. The normalized spacial score (nSPS) is 10.8. The van der Waals surface area contributed by atoms with Crippen molar-refractivity contribution < 1.29 is 13.9 Å². The SMILES string of the molecule is CCSc1nc2cccc(OC)c2c(C)c1C(=O)NCc1cccc(F)c1. The molecule has 0 bridgehead atoms. The van der Waals surface area contributed by atoms with Crippen molar-refractivity contribution in [3.8, 4) is 5.75 Å². The molecule has 0 spiro atoms. The number of pyridine rings is 1. The molecule has 3 rings (SSSR count). The maximum Gasteiger partial charge on any atom is 0.254 e. The molecular formula is C21H21FN2O2S. The maximum absolute atomic E-state index is 13.4. The highest BCUT2D eigenvalue weighted by Gasteiger charge is 2.20. The van der Waals surface area contributed by atoms with Gasteiger partial charge in [0.1, 0.15) is 16.6 Å². The molecule has 0 atom stereocenters. The van der Waals surface area contributed by atoms with Gasteiger partial charge in [0.15, 0.2) is 0 Å². The zero-order valence-electron chi connectivity index (χ0n) is 15.5. The number of thioether (sulfide) groups is 1. The van der Waals surface area contributed by atoms with Crippen LogP contribution in [0.5, 0.6) is 5.75 Å². The molecule has 140 valence electrons. The Morgan fingerprint density at radius 3 is 2.74 bits per heavy atom. The summed E-state index contributed by atoms with van der Waals surface area (Å²) in [6.07, 6.45) is 0. The minimum atomic E-state index is -0.322. The molecular weight excluding hydrogens is 363 g/mol. The molecule has 27 heavy (non-hydrogen) atoms. The molecule has 0 aliphatic carbocycles. The monoisotopic (exact) mass is 384 g/mol. The number of hydrogen-bond acceptors (Lipinski definition) is 4. The van der Waals surface area contributed by atoms with E-state index in [2.05, 4.69) is 10.3 Å². The average molecular weight is 384 g/mol. The number of nitrogens with zero attached hydrogens (tertiary/aromatic N) is 1. The topological polar surface area (TPSA) is 51.2 Å². The van der Waals surface area contributed by atoms with E-state index in [1.807, 2.05) is 32.0 Å². The van der Waals surface area contributed by atoms with Crippen LogP contribution in [-0.2, 0) is 6.54 Å². The van der Waals surface area contributed by atoms with Crippen molar-refractivity contribution in [2.45, 2.75) is 25.4 Å². The van der Waals surface area contributed by atoms with Crippen LogP contribution in [0, 0.1) is 12.7 Å². The van der Waals surface area contributed by atoms with E-state index in [1.54, 1.807) is 19.2 Å². The number of carbonyl (C=O) groups excluding carboxylic acids is 1. The van der Waals surface area contributed by atoms with Gasteiger partial charge in [-0.05, 0) is 48.1 Å². The van der Waals surface area contributed by atoms with Crippen molar-refractivity contribution in [3.63, 3.8) is 0 Å². The quantitative estimate of drug-likeness (QED) is 0.624. The third kappa shape index (κ3) is 4.06. The van der Waals surface area contributed by atoms with Crippen LogP contribution in [-0.4, -0.2) is 23.8 Å². The second-order valence-corrected chi connectivity index (χ2v) is 7.27.